The number of hydrogen-bond acceptors (Lipinski definition) is 3. The second kappa shape index (κ2) is 3.15. The average Bonchev–Trinajstić information content (AvgIpc) is 1.67. The molecule has 0 aliphatic heterocycles. The Morgan fingerprint density at radius 1 is 1.75 bits per heavy atom. The van der Waals surface area contributed by atoms with Crippen LogP contribution in [0.15, 0.2) is 0 Å². The third-order valence-corrected chi connectivity index (χ3v) is 0.535. The minimum atomic E-state index is -0.507. The number of nitrogens with one attached hydrogen (secondary N) is 2. The third kappa shape index (κ3) is 2.30. The molecule has 2 N–H and O–H groups in total. The molecule has 4 nitrogen and oxygen atoms in total. The Labute approximate surface area is 47.3 Å². The van der Waals surface area contributed by atoms with Crippen molar-refractivity contribution in [2.24, 2.45) is 0 Å². The Hall–Kier alpha value is -0.900. The van der Waals surface area contributed by atoms with Gasteiger partial charge in [0.05, 0.1) is 12.8 Å². The van der Waals surface area contributed by atoms with Gasteiger partial charge in [0.15, 0.2) is 0 Å². The van der Waals surface area contributed by atoms with E-state index in [0.29, 0.717) is 0 Å². The van der Waals surface area contributed by atoms with E-state index < -0.39 is 5.91 Å². The maximum Gasteiger partial charge on any atom is 0.288 e. The van der Waals surface area contributed by atoms with E-state index in [1.807, 2.05) is 5.48 Å². The van der Waals surface area contributed by atoms with Crippen molar-refractivity contribution < 1.29 is 9.63 Å². The molecule has 0 aliphatic rings. The second-order valence-corrected chi connectivity index (χ2v) is 1.26. The lowest BCUT2D eigenvalue weighted by Crippen LogP contribution is -2.27. The average molecular weight is 116 g/mol. The first-order valence-corrected chi connectivity index (χ1v) is 2.07. The van der Waals surface area contributed by atoms with Gasteiger partial charge in [-0.05, 0) is 6.92 Å². The highest BCUT2D eigenvalue weighted by atomic mass is 16.6. The van der Waals surface area contributed by atoms with Crippen LogP contribution in [0, 0.1) is 5.41 Å². The normalized spacial score (nSPS) is 8.25. The van der Waals surface area contributed by atoms with Gasteiger partial charge in [0.1, 0.15) is 0 Å². The fourth-order valence-corrected chi connectivity index (χ4v) is 0.169. The van der Waals surface area contributed by atoms with Crippen molar-refractivity contribution in [3.8, 4) is 0 Å². The molecule has 1 amide bonds. The third-order valence-electron chi connectivity index (χ3n) is 0.535. The van der Waals surface area contributed by atoms with Crippen molar-refractivity contribution in [1.29, 1.82) is 5.41 Å². The molecule has 0 radical (unpaired) electrons. The molecule has 0 aromatic carbocycles. The van der Waals surface area contributed by atoms with Crippen LogP contribution < -0.4 is 5.48 Å². The molecule has 0 saturated carbocycles. The standard InChI is InChI=1S/C4H8N2O2/c1-3(5)4(7)6-8-2/h5H,1-2H3,(H,6,7). The van der Waals surface area contributed by atoms with Crippen molar-refractivity contribution in [3.05, 3.63) is 0 Å². The SMILES string of the molecule is CONC(=O)C(C)=N. The number of hydrogen-bond donors (Lipinski definition) is 2. The maximum atomic E-state index is 10.3. The van der Waals surface area contributed by atoms with Gasteiger partial charge in [-0.2, -0.15) is 0 Å². The fraction of sp³-hybridized carbons (Fsp3) is 0.500. The summed E-state index contributed by atoms with van der Waals surface area (Å²) in [5.74, 6) is -0.507. The van der Waals surface area contributed by atoms with Gasteiger partial charge >= 0.3 is 0 Å². The molecule has 0 heterocycles. The summed E-state index contributed by atoms with van der Waals surface area (Å²) in [6.45, 7) is 1.38. The minimum absolute atomic E-state index is 0.0631. The van der Waals surface area contributed by atoms with Gasteiger partial charge in [0.25, 0.3) is 5.91 Å². The van der Waals surface area contributed by atoms with Gasteiger partial charge in [0.2, 0.25) is 0 Å². The summed E-state index contributed by atoms with van der Waals surface area (Å²) in [7, 11) is 1.32. The molecule has 8 heavy (non-hydrogen) atoms. The zero-order valence-electron chi connectivity index (χ0n) is 4.82. The van der Waals surface area contributed by atoms with E-state index in [1.54, 1.807) is 0 Å². The number of hydroxylamine groups is 1. The van der Waals surface area contributed by atoms with Crippen LogP contribution in [0.4, 0.5) is 0 Å². The molecule has 0 atom stereocenters. The van der Waals surface area contributed by atoms with Gasteiger partial charge in [-0.1, -0.05) is 0 Å². The van der Waals surface area contributed by atoms with Gasteiger partial charge in [-0.3, -0.25) is 15.0 Å². The lowest BCUT2D eigenvalue weighted by atomic mass is 10.4. The molecule has 0 fully saturated rings. The summed E-state index contributed by atoms with van der Waals surface area (Å²) in [6, 6.07) is 0. The maximum absolute atomic E-state index is 10.3. The first-order valence-electron chi connectivity index (χ1n) is 2.07. The first kappa shape index (κ1) is 7.10. The van der Waals surface area contributed by atoms with Crippen molar-refractivity contribution >= 4 is 11.6 Å². The van der Waals surface area contributed by atoms with Gasteiger partial charge in [-0.15, -0.1) is 0 Å². The minimum Gasteiger partial charge on any atom is -0.300 e. The predicted molar refractivity (Wildman–Crippen MR) is 28.6 cm³/mol. The van der Waals surface area contributed by atoms with E-state index in [9.17, 15) is 4.79 Å². The highest BCUT2D eigenvalue weighted by molar-refractivity contribution is 6.36. The molecule has 0 spiro atoms. The van der Waals surface area contributed by atoms with Crippen LogP contribution in [0.1, 0.15) is 6.92 Å². The second-order valence-electron chi connectivity index (χ2n) is 1.26. The molecule has 4 heteroatoms. The number of amides is 1. The molecule has 0 aromatic heterocycles. The fourth-order valence-electron chi connectivity index (χ4n) is 0.169. The molecule has 0 unspecified atom stereocenters. The van der Waals surface area contributed by atoms with Crippen LogP contribution in [0.3, 0.4) is 0 Å². The molecule has 0 bridgehead atoms. The summed E-state index contributed by atoms with van der Waals surface area (Å²) < 4.78 is 0. The van der Waals surface area contributed by atoms with E-state index in [4.69, 9.17) is 5.41 Å². The van der Waals surface area contributed by atoms with Crippen LogP contribution in [0.2, 0.25) is 0 Å². The van der Waals surface area contributed by atoms with Crippen molar-refractivity contribution in [2.75, 3.05) is 7.11 Å². The summed E-state index contributed by atoms with van der Waals surface area (Å²) >= 11 is 0. The number of rotatable bonds is 2. The van der Waals surface area contributed by atoms with E-state index >= 15 is 0 Å². The highest BCUT2D eigenvalue weighted by Gasteiger charge is 1.98. The largest absolute Gasteiger partial charge is 0.300 e. The Morgan fingerprint density at radius 3 is 2.38 bits per heavy atom. The number of carbonyl (C=O) groups is 1. The van der Waals surface area contributed by atoms with E-state index in [-0.39, 0.29) is 5.71 Å². The molecule has 0 saturated heterocycles. The van der Waals surface area contributed by atoms with Gasteiger partial charge in [0, 0.05) is 0 Å². The molecule has 0 rings (SSSR count). The van der Waals surface area contributed by atoms with Crippen LogP contribution in [-0.2, 0) is 9.63 Å². The van der Waals surface area contributed by atoms with Crippen LogP contribution in [0.25, 0.3) is 0 Å². The Bertz CT molecular complexity index is 111. The quantitative estimate of drug-likeness (QED) is 0.384. The lowest BCUT2D eigenvalue weighted by molar-refractivity contribution is -0.124. The predicted octanol–water partition coefficient (Wildman–Crippen LogP) is -0.296. The van der Waals surface area contributed by atoms with Gasteiger partial charge < -0.3 is 0 Å². The number of carbonyl (C=O) groups excluding carboxylic acids is 1. The summed E-state index contributed by atoms with van der Waals surface area (Å²) in [4.78, 5) is 14.5. The molecule has 46 valence electrons. The Balaban J connectivity index is 3.49. The smallest absolute Gasteiger partial charge is 0.288 e. The van der Waals surface area contributed by atoms with E-state index in [2.05, 4.69) is 4.84 Å². The van der Waals surface area contributed by atoms with E-state index in [0.717, 1.165) is 0 Å². The molecular formula is C4H8N2O2. The first-order chi connectivity index (χ1) is 3.68. The van der Waals surface area contributed by atoms with Gasteiger partial charge in [-0.25, -0.2) is 5.48 Å². The molecular weight excluding hydrogens is 108 g/mol. The topological polar surface area (TPSA) is 62.2 Å². The zero-order valence-corrected chi connectivity index (χ0v) is 4.82. The summed E-state index contributed by atoms with van der Waals surface area (Å²) in [5, 5.41) is 6.71. The van der Waals surface area contributed by atoms with Crippen LogP contribution >= 0.6 is 0 Å². The summed E-state index contributed by atoms with van der Waals surface area (Å²) in [5.41, 5.74) is 1.92. The van der Waals surface area contributed by atoms with Crippen LogP contribution in [0.5, 0.6) is 0 Å². The Morgan fingerprint density at radius 2 is 2.25 bits per heavy atom. The zero-order chi connectivity index (χ0) is 6.57. The van der Waals surface area contributed by atoms with Crippen molar-refractivity contribution in [1.82, 2.24) is 5.48 Å². The van der Waals surface area contributed by atoms with E-state index in [1.165, 1.54) is 14.0 Å². The lowest BCUT2D eigenvalue weighted by Gasteiger charge is -1.95. The highest BCUT2D eigenvalue weighted by Crippen LogP contribution is 1.67. The monoisotopic (exact) mass is 116 g/mol. The van der Waals surface area contributed by atoms with Crippen molar-refractivity contribution in [2.45, 2.75) is 6.92 Å². The van der Waals surface area contributed by atoms with Crippen LogP contribution in [-0.4, -0.2) is 18.7 Å². The summed E-state index contributed by atoms with van der Waals surface area (Å²) in [6.07, 6.45) is 0. The molecule has 0 aromatic rings. The van der Waals surface area contributed by atoms with Crippen molar-refractivity contribution in [3.63, 3.8) is 0 Å². The molecule has 0 aliphatic carbocycles. The Kier molecular flexibility index (Phi) is 2.79.